The molecular weight excluding hydrogens is 410 g/mol. The number of aromatic carboxylic acids is 1. The Hall–Kier alpha value is -3.78. The topological polar surface area (TPSA) is 95.0 Å². The molecule has 7 nitrogen and oxygen atoms in total. The minimum Gasteiger partial charge on any atom is -0.478 e. The monoisotopic (exact) mass is 431 g/mol. The van der Waals surface area contributed by atoms with Crippen LogP contribution in [-0.2, 0) is 6.54 Å². The SMILES string of the molecule is C=CCN(Cc1ccc(-c2ccccc2-c2nn[nH]n2)cc1)c1csc(C)c1C(=O)O. The Morgan fingerprint density at radius 2 is 1.94 bits per heavy atom. The summed E-state index contributed by atoms with van der Waals surface area (Å²) in [7, 11) is 0. The van der Waals surface area contributed by atoms with Crippen LogP contribution in [0.3, 0.4) is 0 Å². The first kappa shape index (κ1) is 20.5. The van der Waals surface area contributed by atoms with Crippen molar-refractivity contribution in [2.45, 2.75) is 13.5 Å². The van der Waals surface area contributed by atoms with Crippen molar-refractivity contribution in [2.24, 2.45) is 0 Å². The number of tetrazole rings is 1. The second-order valence-electron chi connectivity index (χ2n) is 7.00. The summed E-state index contributed by atoms with van der Waals surface area (Å²) in [6.45, 7) is 6.80. The first-order chi connectivity index (χ1) is 15.1. The minimum atomic E-state index is -0.906. The molecule has 0 fully saturated rings. The summed E-state index contributed by atoms with van der Waals surface area (Å²) in [5.41, 5.74) is 5.11. The molecule has 0 spiro atoms. The largest absolute Gasteiger partial charge is 0.478 e. The summed E-state index contributed by atoms with van der Waals surface area (Å²) in [6.07, 6.45) is 1.79. The molecule has 0 saturated carbocycles. The summed E-state index contributed by atoms with van der Waals surface area (Å²) in [6, 6.07) is 16.1. The second kappa shape index (κ2) is 8.93. The van der Waals surface area contributed by atoms with Gasteiger partial charge in [0, 0.05) is 28.9 Å². The van der Waals surface area contributed by atoms with Gasteiger partial charge < -0.3 is 10.0 Å². The van der Waals surface area contributed by atoms with Crippen LogP contribution in [-0.4, -0.2) is 38.2 Å². The van der Waals surface area contributed by atoms with Crippen LogP contribution in [0.15, 0.2) is 66.6 Å². The van der Waals surface area contributed by atoms with Gasteiger partial charge >= 0.3 is 5.97 Å². The first-order valence-electron chi connectivity index (χ1n) is 9.68. The van der Waals surface area contributed by atoms with Crippen molar-refractivity contribution >= 4 is 23.0 Å². The molecule has 0 amide bonds. The molecule has 2 aromatic carbocycles. The summed E-state index contributed by atoms with van der Waals surface area (Å²) in [5.74, 6) is -0.359. The van der Waals surface area contributed by atoms with E-state index in [-0.39, 0.29) is 0 Å². The maximum Gasteiger partial charge on any atom is 0.338 e. The molecule has 2 heterocycles. The van der Waals surface area contributed by atoms with Crippen LogP contribution in [0, 0.1) is 6.92 Å². The standard InChI is InChI=1S/C23H21N5O2S/c1-3-12-28(20-14-31-15(2)21(20)23(29)30)13-16-8-10-17(11-9-16)18-6-4-5-7-19(18)22-24-26-27-25-22/h3-11,14H,1,12-13H2,2H3,(H,29,30)(H,24,25,26,27). The lowest BCUT2D eigenvalue weighted by molar-refractivity contribution is 0.0697. The van der Waals surface area contributed by atoms with E-state index in [1.807, 2.05) is 41.5 Å². The second-order valence-corrected chi connectivity index (χ2v) is 8.09. The number of hydrogen-bond acceptors (Lipinski definition) is 6. The summed E-state index contributed by atoms with van der Waals surface area (Å²) >= 11 is 1.45. The van der Waals surface area contributed by atoms with Crippen LogP contribution in [0.1, 0.15) is 20.8 Å². The lowest BCUT2D eigenvalue weighted by Crippen LogP contribution is -2.24. The minimum absolute atomic E-state index is 0.359. The average Bonchev–Trinajstić information content (AvgIpc) is 3.44. The summed E-state index contributed by atoms with van der Waals surface area (Å²) in [4.78, 5) is 14.6. The van der Waals surface area contributed by atoms with E-state index in [9.17, 15) is 9.90 Å². The van der Waals surface area contributed by atoms with Gasteiger partial charge in [0.25, 0.3) is 0 Å². The van der Waals surface area contributed by atoms with Gasteiger partial charge in [0.15, 0.2) is 0 Å². The number of nitrogens with one attached hydrogen (secondary N) is 1. The van der Waals surface area contributed by atoms with Gasteiger partial charge in [0.05, 0.1) is 11.3 Å². The zero-order valence-corrected chi connectivity index (χ0v) is 17.8. The van der Waals surface area contributed by atoms with E-state index in [1.165, 1.54) is 11.3 Å². The van der Waals surface area contributed by atoms with Gasteiger partial charge in [-0.15, -0.1) is 28.1 Å². The van der Waals surface area contributed by atoms with E-state index in [2.05, 4.69) is 51.5 Å². The normalized spacial score (nSPS) is 10.7. The number of aromatic nitrogens is 4. The Kier molecular flexibility index (Phi) is 5.90. The highest BCUT2D eigenvalue weighted by atomic mass is 32.1. The molecule has 156 valence electrons. The third-order valence-electron chi connectivity index (χ3n) is 5.01. The van der Waals surface area contributed by atoms with Crippen molar-refractivity contribution in [3.63, 3.8) is 0 Å². The molecule has 4 rings (SSSR count). The Balaban J connectivity index is 1.62. The fourth-order valence-corrected chi connectivity index (χ4v) is 4.42. The molecule has 2 N–H and O–H groups in total. The molecule has 0 bridgehead atoms. The molecule has 2 aromatic heterocycles. The Bertz CT molecular complexity index is 1200. The molecule has 0 atom stereocenters. The van der Waals surface area contributed by atoms with Crippen LogP contribution in [0.2, 0.25) is 0 Å². The smallest absolute Gasteiger partial charge is 0.338 e. The molecule has 0 aliphatic rings. The van der Waals surface area contributed by atoms with Crippen molar-refractivity contribution in [1.29, 1.82) is 0 Å². The van der Waals surface area contributed by atoms with Crippen LogP contribution in [0.4, 0.5) is 5.69 Å². The Labute approximate surface area is 183 Å². The van der Waals surface area contributed by atoms with Crippen LogP contribution in [0.25, 0.3) is 22.5 Å². The number of aromatic amines is 1. The quantitative estimate of drug-likeness (QED) is 0.389. The number of aryl methyl sites for hydroxylation is 1. The van der Waals surface area contributed by atoms with Crippen LogP contribution in [0.5, 0.6) is 0 Å². The number of rotatable bonds is 8. The molecular formula is C23H21N5O2S. The van der Waals surface area contributed by atoms with Gasteiger partial charge in [-0.3, -0.25) is 0 Å². The number of H-pyrrole nitrogens is 1. The van der Waals surface area contributed by atoms with Crippen molar-refractivity contribution in [3.05, 3.63) is 82.6 Å². The molecule has 31 heavy (non-hydrogen) atoms. The molecule has 0 aliphatic carbocycles. The molecule has 4 aromatic rings. The van der Waals surface area contributed by atoms with Crippen molar-refractivity contribution in [3.8, 4) is 22.5 Å². The average molecular weight is 432 g/mol. The molecule has 0 aliphatic heterocycles. The summed E-state index contributed by atoms with van der Waals surface area (Å²) < 4.78 is 0. The maximum absolute atomic E-state index is 11.7. The van der Waals surface area contributed by atoms with Crippen molar-refractivity contribution < 1.29 is 9.90 Å². The summed E-state index contributed by atoms with van der Waals surface area (Å²) in [5, 5.41) is 25.9. The highest BCUT2D eigenvalue weighted by Gasteiger charge is 2.20. The Morgan fingerprint density at radius 3 is 2.58 bits per heavy atom. The van der Waals surface area contributed by atoms with E-state index in [0.29, 0.717) is 24.5 Å². The first-order valence-corrected chi connectivity index (χ1v) is 10.6. The fraction of sp³-hybridized carbons (Fsp3) is 0.130. The van der Waals surface area contributed by atoms with E-state index in [1.54, 1.807) is 6.08 Å². The highest BCUT2D eigenvalue weighted by molar-refractivity contribution is 7.10. The number of nitrogens with zero attached hydrogens (tertiary/aromatic N) is 4. The zero-order chi connectivity index (χ0) is 21.8. The number of anilines is 1. The van der Waals surface area contributed by atoms with Crippen LogP contribution >= 0.6 is 11.3 Å². The third-order valence-corrected chi connectivity index (χ3v) is 5.91. The lowest BCUT2D eigenvalue weighted by Gasteiger charge is -2.23. The number of benzene rings is 2. The van der Waals surface area contributed by atoms with Crippen molar-refractivity contribution in [1.82, 2.24) is 20.6 Å². The number of carboxylic acids is 1. The maximum atomic E-state index is 11.7. The van der Waals surface area contributed by atoms with Crippen molar-refractivity contribution in [2.75, 3.05) is 11.4 Å². The van der Waals surface area contributed by atoms with E-state index < -0.39 is 5.97 Å². The number of hydrogen-bond donors (Lipinski definition) is 2. The molecule has 0 unspecified atom stereocenters. The predicted molar refractivity (Wildman–Crippen MR) is 122 cm³/mol. The molecule has 0 saturated heterocycles. The van der Waals surface area contributed by atoms with Gasteiger partial charge in [0.1, 0.15) is 0 Å². The van der Waals surface area contributed by atoms with E-state index in [4.69, 9.17) is 0 Å². The Morgan fingerprint density at radius 1 is 1.19 bits per heavy atom. The molecule has 8 heteroatoms. The molecule has 0 radical (unpaired) electrons. The van der Waals surface area contributed by atoms with E-state index >= 15 is 0 Å². The number of thiophene rings is 1. The predicted octanol–water partition coefficient (Wildman–Crippen LogP) is 4.79. The number of carboxylic acid groups (broad SMARTS) is 1. The van der Waals surface area contributed by atoms with Crippen LogP contribution < -0.4 is 4.90 Å². The number of carbonyl (C=O) groups is 1. The van der Waals surface area contributed by atoms with Gasteiger partial charge in [-0.1, -0.05) is 54.6 Å². The van der Waals surface area contributed by atoms with Gasteiger partial charge in [0.2, 0.25) is 5.82 Å². The van der Waals surface area contributed by atoms with E-state index in [0.717, 1.165) is 32.8 Å². The van der Waals surface area contributed by atoms with Gasteiger partial charge in [-0.2, -0.15) is 5.21 Å². The van der Waals surface area contributed by atoms with Gasteiger partial charge in [-0.25, -0.2) is 4.79 Å². The zero-order valence-electron chi connectivity index (χ0n) is 16.9. The highest BCUT2D eigenvalue weighted by Crippen LogP contribution is 2.32. The third kappa shape index (κ3) is 4.24. The lowest BCUT2D eigenvalue weighted by atomic mass is 9.98. The van der Waals surface area contributed by atoms with Gasteiger partial charge in [-0.05, 0) is 28.8 Å². The fourth-order valence-electron chi connectivity index (χ4n) is 3.55.